The van der Waals surface area contributed by atoms with Gasteiger partial charge >= 0.3 is 0 Å². The van der Waals surface area contributed by atoms with Gasteiger partial charge in [0.15, 0.2) is 5.15 Å². The van der Waals surface area contributed by atoms with Gasteiger partial charge in [-0.15, -0.1) is 0 Å². The summed E-state index contributed by atoms with van der Waals surface area (Å²) in [7, 11) is 1.57. The lowest BCUT2D eigenvalue weighted by atomic mass is 10.0. The molecule has 1 fully saturated rings. The van der Waals surface area contributed by atoms with Crippen LogP contribution in [-0.4, -0.2) is 66.7 Å². The minimum atomic E-state index is -0.251. The molecule has 1 saturated heterocycles. The molecule has 2 aliphatic rings. The third-order valence-corrected chi connectivity index (χ3v) is 6.05. The number of carbonyl (C=O) groups excluding carboxylic acids is 1. The maximum Gasteiger partial charge on any atom is 0.269 e. The van der Waals surface area contributed by atoms with Crippen molar-refractivity contribution < 1.29 is 9.53 Å². The predicted octanol–water partition coefficient (Wildman–Crippen LogP) is 1.35. The summed E-state index contributed by atoms with van der Waals surface area (Å²) in [5.74, 6) is -0.251. The summed E-state index contributed by atoms with van der Waals surface area (Å²) in [5.41, 5.74) is 3.94. The van der Waals surface area contributed by atoms with Gasteiger partial charge in [-0.05, 0) is 30.7 Å². The number of nitrogens with one attached hydrogen (secondary N) is 2. The third-order valence-electron chi connectivity index (χ3n) is 5.77. The van der Waals surface area contributed by atoms with Gasteiger partial charge in [0.2, 0.25) is 0 Å². The fraction of sp³-hybridized carbons (Fsp3) is 0.476. The van der Waals surface area contributed by atoms with E-state index < -0.39 is 0 Å². The van der Waals surface area contributed by atoms with Crippen LogP contribution in [0, 0.1) is 6.92 Å². The van der Waals surface area contributed by atoms with E-state index in [1.54, 1.807) is 13.1 Å². The number of piperazine rings is 1. The van der Waals surface area contributed by atoms with Crippen LogP contribution in [0.1, 0.15) is 27.3 Å². The molecule has 0 saturated carbocycles. The predicted molar refractivity (Wildman–Crippen MR) is 115 cm³/mol. The number of pyridine rings is 2. The number of aryl methyl sites for hydroxylation is 1. The largest absolute Gasteiger partial charge is 0.372 e. The average molecular weight is 432 g/mol. The van der Waals surface area contributed by atoms with Gasteiger partial charge in [-0.25, -0.2) is 4.98 Å². The van der Waals surface area contributed by atoms with Crippen LogP contribution in [0.25, 0.3) is 0 Å². The summed E-state index contributed by atoms with van der Waals surface area (Å²) >= 11 is 6.33. The van der Waals surface area contributed by atoms with Crippen LogP contribution in [-0.2, 0) is 17.8 Å². The number of amides is 1. The molecule has 0 spiro atoms. The first kappa shape index (κ1) is 20.8. The molecule has 160 valence electrons. The van der Waals surface area contributed by atoms with Crippen LogP contribution >= 0.6 is 11.6 Å². The van der Waals surface area contributed by atoms with E-state index in [-0.39, 0.29) is 17.6 Å². The van der Waals surface area contributed by atoms with Crippen LogP contribution in [0.15, 0.2) is 23.0 Å². The summed E-state index contributed by atoms with van der Waals surface area (Å²) in [4.78, 5) is 35.4. The molecule has 2 aliphatic heterocycles. The van der Waals surface area contributed by atoms with Crippen molar-refractivity contribution in [1.82, 2.24) is 20.2 Å². The standard InChI is InChI=1S/C21H26ClN5O3/c1-13-9-14-12-30-15(10-17(14)25-20(13)28)11-26-5-7-27(8-6-26)18-4-3-16(21(29)23-2)24-19(18)22/h3-4,9,15H,5-8,10-12H2,1-2H3,(H,23,29)(H,25,28)/t15-/m1/s1. The highest BCUT2D eigenvalue weighted by Crippen LogP contribution is 2.26. The Balaban J connectivity index is 1.33. The number of halogens is 1. The Hall–Kier alpha value is -2.42. The van der Waals surface area contributed by atoms with Gasteiger partial charge in [0.25, 0.3) is 11.5 Å². The van der Waals surface area contributed by atoms with Gasteiger partial charge in [0.05, 0.1) is 18.4 Å². The number of aromatic amines is 1. The number of fused-ring (bicyclic) bond motifs is 1. The summed E-state index contributed by atoms with van der Waals surface area (Å²) in [6, 6.07) is 5.48. The first-order chi connectivity index (χ1) is 14.4. The molecule has 0 unspecified atom stereocenters. The molecule has 2 N–H and O–H groups in total. The number of aromatic nitrogens is 2. The zero-order valence-corrected chi connectivity index (χ0v) is 18.0. The molecule has 0 aliphatic carbocycles. The van der Waals surface area contributed by atoms with E-state index in [4.69, 9.17) is 16.3 Å². The summed E-state index contributed by atoms with van der Waals surface area (Å²) in [5, 5.41) is 2.90. The van der Waals surface area contributed by atoms with Crippen LogP contribution in [0.3, 0.4) is 0 Å². The lowest BCUT2D eigenvalue weighted by Gasteiger charge is -2.38. The molecule has 0 radical (unpaired) electrons. The lowest BCUT2D eigenvalue weighted by molar-refractivity contribution is 0.00274. The highest BCUT2D eigenvalue weighted by atomic mass is 35.5. The number of H-pyrrole nitrogens is 1. The average Bonchev–Trinajstić information content (AvgIpc) is 2.75. The van der Waals surface area contributed by atoms with Crippen molar-refractivity contribution >= 4 is 23.2 Å². The topological polar surface area (TPSA) is 90.6 Å². The van der Waals surface area contributed by atoms with Gasteiger partial charge < -0.3 is 19.9 Å². The monoisotopic (exact) mass is 431 g/mol. The molecular weight excluding hydrogens is 406 g/mol. The van der Waals surface area contributed by atoms with Crippen molar-refractivity contribution in [1.29, 1.82) is 0 Å². The maximum absolute atomic E-state index is 11.9. The molecular formula is C21H26ClN5O3. The first-order valence-electron chi connectivity index (χ1n) is 10.1. The van der Waals surface area contributed by atoms with Gasteiger partial charge in [-0.1, -0.05) is 11.6 Å². The van der Waals surface area contributed by atoms with Crippen LogP contribution in [0.2, 0.25) is 5.15 Å². The summed E-state index contributed by atoms with van der Waals surface area (Å²) in [6.45, 7) is 6.58. The van der Waals surface area contributed by atoms with Crippen molar-refractivity contribution in [3.05, 3.63) is 56.2 Å². The van der Waals surface area contributed by atoms with E-state index in [2.05, 4.69) is 25.1 Å². The highest BCUT2D eigenvalue weighted by Gasteiger charge is 2.26. The number of nitrogens with zero attached hydrogens (tertiary/aromatic N) is 3. The second kappa shape index (κ2) is 8.75. The van der Waals surface area contributed by atoms with Gasteiger partial charge in [0, 0.05) is 57.4 Å². The number of rotatable bonds is 4. The second-order valence-corrected chi connectivity index (χ2v) is 8.15. The minimum absolute atomic E-state index is 0.0176. The van der Waals surface area contributed by atoms with Gasteiger partial charge in [-0.3, -0.25) is 14.5 Å². The SMILES string of the molecule is CNC(=O)c1ccc(N2CCN(C[C@H]3Cc4[nH]c(=O)c(C)cc4CO3)CC2)c(Cl)n1. The summed E-state index contributed by atoms with van der Waals surface area (Å²) in [6.07, 6.45) is 0.793. The Kier molecular flexibility index (Phi) is 6.08. The third kappa shape index (κ3) is 4.35. The Bertz CT molecular complexity index is 1000. The Morgan fingerprint density at radius 3 is 2.80 bits per heavy atom. The number of hydrogen-bond donors (Lipinski definition) is 2. The molecule has 2 aromatic rings. The molecule has 0 bridgehead atoms. The molecule has 30 heavy (non-hydrogen) atoms. The maximum atomic E-state index is 11.9. The van der Waals surface area contributed by atoms with Crippen LogP contribution < -0.4 is 15.8 Å². The normalized spacial score (nSPS) is 19.4. The fourth-order valence-corrected chi connectivity index (χ4v) is 4.30. The molecule has 1 atom stereocenters. The Morgan fingerprint density at radius 1 is 1.33 bits per heavy atom. The second-order valence-electron chi connectivity index (χ2n) is 7.80. The molecule has 2 aromatic heterocycles. The number of anilines is 1. The number of ether oxygens (including phenoxy) is 1. The van der Waals surface area contributed by atoms with Crippen molar-refractivity contribution in [3.63, 3.8) is 0 Å². The van der Waals surface area contributed by atoms with Crippen molar-refractivity contribution in [3.8, 4) is 0 Å². The van der Waals surface area contributed by atoms with E-state index >= 15 is 0 Å². The highest BCUT2D eigenvalue weighted by molar-refractivity contribution is 6.32. The molecule has 4 heterocycles. The molecule has 1 amide bonds. The number of hydrogen-bond acceptors (Lipinski definition) is 6. The van der Waals surface area contributed by atoms with E-state index in [1.165, 1.54) is 0 Å². The Labute approximate surface area is 180 Å². The van der Waals surface area contributed by atoms with Gasteiger partial charge in [-0.2, -0.15) is 0 Å². The number of carbonyl (C=O) groups is 1. The molecule has 4 rings (SSSR count). The van der Waals surface area contributed by atoms with Crippen LogP contribution in [0.5, 0.6) is 0 Å². The molecule has 0 aromatic carbocycles. The quantitative estimate of drug-likeness (QED) is 0.710. The zero-order valence-electron chi connectivity index (χ0n) is 17.2. The van der Waals surface area contributed by atoms with Crippen molar-refractivity contribution in [2.45, 2.75) is 26.1 Å². The minimum Gasteiger partial charge on any atom is -0.372 e. The van der Waals surface area contributed by atoms with E-state index in [9.17, 15) is 9.59 Å². The van der Waals surface area contributed by atoms with Gasteiger partial charge in [0.1, 0.15) is 5.69 Å². The Morgan fingerprint density at radius 2 is 2.10 bits per heavy atom. The van der Waals surface area contributed by atoms with Crippen molar-refractivity contribution in [2.24, 2.45) is 0 Å². The summed E-state index contributed by atoms with van der Waals surface area (Å²) < 4.78 is 6.03. The lowest BCUT2D eigenvalue weighted by Crippen LogP contribution is -2.49. The van der Waals surface area contributed by atoms with E-state index in [0.717, 1.165) is 61.7 Å². The first-order valence-corrected chi connectivity index (χ1v) is 10.5. The van der Waals surface area contributed by atoms with Crippen molar-refractivity contribution in [2.75, 3.05) is 44.7 Å². The molecule has 9 heteroatoms. The smallest absolute Gasteiger partial charge is 0.269 e. The van der Waals surface area contributed by atoms with Crippen LogP contribution in [0.4, 0.5) is 5.69 Å². The zero-order chi connectivity index (χ0) is 21.3. The van der Waals surface area contributed by atoms with E-state index in [0.29, 0.717) is 17.5 Å². The van der Waals surface area contributed by atoms with E-state index in [1.807, 2.05) is 19.1 Å². The molecule has 8 nitrogen and oxygen atoms in total. The fourth-order valence-electron chi connectivity index (χ4n) is 4.03.